The quantitative estimate of drug-likeness (QED) is 0.508. The number of hydrogen-bond acceptors (Lipinski definition) is 4. The van der Waals surface area contributed by atoms with Crippen LogP contribution >= 0.6 is 12.4 Å². The fourth-order valence-corrected chi connectivity index (χ4v) is 2.30. The molecule has 0 amide bonds. The van der Waals surface area contributed by atoms with Crippen molar-refractivity contribution in [2.24, 2.45) is 0 Å². The number of carbonyl (C=O) groups is 1. The summed E-state index contributed by atoms with van der Waals surface area (Å²) in [5.41, 5.74) is 8.80. The molecule has 0 aliphatic carbocycles. The monoisotopic (exact) mass is 369 g/mol. The molecule has 134 valence electrons. The SMILES string of the molecule is Cl.Nc1ccc(COc2cccc(C(=O)OCc3ccccc3)c2)cc1. The van der Waals surface area contributed by atoms with E-state index in [1.165, 1.54) is 0 Å². The summed E-state index contributed by atoms with van der Waals surface area (Å²) in [5.74, 6) is 0.243. The lowest BCUT2D eigenvalue weighted by Crippen LogP contribution is -2.05. The van der Waals surface area contributed by atoms with E-state index < -0.39 is 0 Å². The van der Waals surface area contributed by atoms with Crippen molar-refractivity contribution < 1.29 is 14.3 Å². The molecule has 0 radical (unpaired) electrons. The highest BCUT2D eigenvalue weighted by atomic mass is 35.5. The van der Waals surface area contributed by atoms with Gasteiger partial charge in [0.05, 0.1) is 5.56 Å². The average molecular weight is 370 g/mol. The first-order valence-electron chi connectivity index (χ1n) is 7.99. The second-order valence-corrected chi connectivity index (χ2v) is 5.62. The van der Waals surface area contributed by atoms with Crippen LogP contribution in [0.5, 0.6) is 5.75 Å². The Morgan fingerprint density at radius 1 is 0.808 bits per heavy atom. The van der Waals surface area contributed by atoms with Crippen LogP contribution in [0.3, 0.4) is 0 Å². The van der Waals surface area contributed by atoms with Crippen LogP contribution in [0.2, 0.25) is 0 Å². The van der Waals surface area contributed by atoms with Crippen LogP contribution in [0.4, 0.5) is 5.69 Å². The Kier molecular flexibility index (Phi) is 7.06. The number of carbonyl (C=O) groups excluding carboxylic acids is 1. The third-order valence-corrected chi connectivity index (χ3v) is 3.67. The first kappa shape index (κ1) is 19.3. The van der Waals surface area contributed by atoms with Gasteiger partial charge >= 0.3 is 5.97 Å². The maximum absolute atomic E-state index is 12.2. The van der Waals surface area contributed by atoms with E-state index in [1.807, 2.05) is 60.7 Å². The standard InChI is InChI=1S/C21H19NO3.ClH/c22-19-11-9-17(10-12-19)14-24-20-8-4-7-18(13-20)21(23)25-15-16-5-2-1-3-6-16;/h1-13H,14-15,22H2;1H. The predicted octanol–water partition coefficient (Wildman–Crippen LogP) is 4.63. The Balaban J connectivity index is 0.00000243. The van der Waals surface area contributed by atoms with Gasteiger partial charge in [-0.2, -0.15) is 0 Å². The third kappa shape index (κ3) is 5.53. The summed E-state index contributed by atoms with van der Waals surface area (Å²) in [6, 6.07) is 24.0. The molecule has 2 N–H and O–H groups in total. The van der Waals surface area contributed by atoms with E-state index in [9.17, 15) is 4.79 Å². The number of halogens is 1. The van der Waals surface area contributed by atoms with Crippen LogP contribution in [0.1, 0.15) is 21.5 Å². The van der Waals surface area contributed by atoms with Crippen molar-refractivity contribution in [3.05, 3.63) is 95.6 Å². The smallest absolute Gasteiger partial charge is 0.338 e. The van der Waals surface area contributed by atoms with Crippen LogP contribution in [0, 0.1) is 0 Å². The van der Waals surface area contributed by atoms with E-state index in [0.29, 0.717) is 23.6 Å². The highest BCUT2D eigenvalue weighted by Crippen LogP contribution is 2.17. The molecule has 0 saturated carbocycles. The van der Waals surface area contributed by atoms with E-state index in [0.717, 1.165) is 11.1 Å². The zero-order valence-corrected chi connectivity index (χ0v) is 14.9. The largest absolute Gasteiger partial charge is 0.489 e. The Labute approximate surface area is 159 Å². The van der Waals surface area contributed by atoms with Gasteiger partial charge in [0, 0.05) is 5.69 Å². The molecule has 3 aromatic rings. The number of hydrogen-bond donors (Lipinski definition) is 1. The first-order chi connectivity index (χ1) is 12.2. The maximum atomic E-state index is 12.2. The molecule has 0 spiro atoms. The molecule has 0 bridgehead atoms. The molecule has 5 heteroatoms. The number of nitrogen functional groups attached to an aromatic ring is 1. The minimum Gasteiger partial charge on any atom is -0.489 e. The van der Waals surface area contributed by atoms with Crippen LogP contribution < -0.4 is 10.5 Å². The number of benzene rings is 3. The summed E-state index contributed by atoms with van der Waals surface area (Å²) >= 11 is 0. The lowest BCUT2D eigenvalue weighted by atomic mass is 10.2. The highest BCUT2D eigenvalue weighted by Gasteiger charge is 2.09. The predicted molar refractivity (Wildman–Crippen MR) is 104 cm³/mol. The average Bonchev–Trinajstić information content (AvgIpc) is 2.67. The van der Waals surface area contributed by atoms with E-state index in [4.69, 9.17) is 15.2 Å². The summed E-state index contributed by atoms with van der Waals surface area (Å²) in [6.45, 7) is 0.652. The van der Waals surface area contributed by atoms with Crippen LogP contribution in [-0.2, 0) is 18.0 Å². The van der Waals surface area contributed by atoms with Gasteiger partial charge < -0.3 is 15.2 Å². The van der Waals surface area contributed by atoms with Gasteiger partial charge in [-0.05, 0) is 41.5 Å². The zero-order chi connectivity index (χ0) is 17.5. The molecule has 0 fully saturated rings. The van der Waals surface area contributed by atoms with Gasteiger partial charge in [0.25, 0.3) is 0 Å². The van der Waals surface area contributed by atoms with Crippen molar-refractivity contribution in [1.82, 2.24) is 0 Å². The molecule has 0 aromatic heterocycles. The third-order valence-electron chi connectivity index (χ3n) is 3.67. The molecule has 3 aromatic carbocycles. The molecule has 0 aliphatic rings. The van der Waals surface area contributed by atoms with Crippen molar-refractivity contribution in [1.29, 1.82) is 0 Å². The summed E-state index contributed by atoms with van der Waals surface area (Å²) in [5, 5.41) is 0. The van der Waals surface area contributed by atoms with E-state index in [-0.39, 0.29) is 25.0 Å². The molecule has 3 rings (SSSR count). The van der Waals surface area contributed by atoms with Crippen LogP contribution in [-0.4, -0.2) is 5.97 Å². The van der Waals surface area contributed by atoms with Gasteiger partial charge in [0.2, 0.25) is 0 Å². The van der Waals surface area contributed by atoms with Gasteiger partial charge in [-0.3, -0.25) is 0 Å². The molecule has 0 heterocycles. The van der Waals surface area contributed by atoms with E-state index >= 15 is 0 Å². The second-order valence-electron chi connectivity index (χ2n) is 5.62. The molecule has 0 aliphatic heterocycles. The summed E-state index contributed by atoms with van der Waals surface area (Å²) < 4.78 is 11.1. The Morgan fingerprint density at radius 2 is 1.50 bits per heavy atom. The van der Waals surface area contributed by atoms with Crippen molar-refractivity contribution in [2.45, 2.75) is 13.2 Å². The number of esters is 1. The minimum atomic E-state index is -0.373. The zero-order valence-electron chi connectivity index (χ0n) is 14.1. The van der Waals surface area contributed by atoms with Gasteiger partial charge in [0.1, 0.15) is 19.0 Å². The molecule has 0 atom stereocenters. The molecule has 26 heavy (non-hydrogen) atoms. The fourth-order valence-electron chi connectivity index (χ4n) is 2.30. The summed E-state index contributed by atoms with van der Waals surface area (Å²) in [6.07, 6.45) is 0. The highest BCUT2D eigenvalue weighted by molar-refractivity contribution is 5.89. The number of nitrogens with two attached hydrogens (primary N) is 1. The Bertz CT molecular complexity index is 835. The second kappa shape index (κ2) is 9.49. The molecular formula is C21H20ClNO3. The number of anilines is 1. The molecule has 4 nitrogen and oxygen atoms in total. The van der Waals surface area contributed by atoms with Crippen LogP contribution in [0.15, 0.2) is 78.9 Å². The van der Waals surface area contributed by atoms with Gasteiger partial charge in [0.15, 0.2) is 0 Å². The van der Waals surface area contributed by atoms with Crippen LogP contribution in [0.25, 0.3) is 0 Å². The molecule has 0 saturated heterocycles. The van der Waals surface area contributed by atoms with Gasteiger partial charge in [-0.1, -0.05) is 48.5 Å². The van der Waals surface area contributed by atoms with E-state index in [1.54, 1.807) is 18.2 Å². The normalized spacial score (nSPS) is 9.85. The van der Waals surface area contributed by atoms with Crippen molar-refractivity contribution in [3.63, 3.8) is 0 Å². The Hall–Kier alpha value is -2.98. The van der Waals surface area contributed by atoms with Gasteiger partial charge in [-0.15, -0.1) is 12.4 Å². The first-order valence-corrected chi connectivity index (χ1v) is 7.99. The minimum absolute atomic E-state index is 0. The maximum Gasteiger partial charge on any atom is 0.338 e. The van der Waals surface area contributed by atoms with E-state index in [2.05, 4.69) is 0 Å². The lowest BCUT2D eigenvalue weighted by molar-refractivity contribution is 0.0472. The number of rotatable bonds is 6. The van der Waals surface area contributed by atoms with Crippen molar-refractivity contribution >= 4 is 24.1 Å². The summed E-state index contributed by atoms with van der Waals surface area (Å²) in [4.78, 5) is 12.2. The lowest BCUT2D eigenvalue weighted by Gasteiger charge is -2.09. The number of ether oxygens (including phenoxy) is 2. The van der Waals surface area contributed by atoms with Gasteiger partial charge in [-0.25, -0.2) is 4.79 Å². The topological polar surface area (TPSA) is 61.5 Å². The van der Waals surface area contributed by atoms with Crippen molar-refractivity contribution in [2.75, 3.05) is 5.73 Å². The van der Waals surface area contributed by atoms with Crippen molar-refractivity contribution in [3.8, 4) is 5.75 Å². The molecular weight excluding hydrogens is 350 g/mol. The molecule has 0 unspecified atom stereocenters. The Morgan fingerprint density at radius 3 is 2.23 bits per heavy atom. The fraction of sp³-hybridized carbons (Fsp3) is 0.0952. The summed E-state index contributed by atoms with van der Waals surface area (Å²) in [7, 11) is 0.